The lowest BCUT2D eigenvalue weighted by Crippen LogP contribution is -1.98. The molecule has 0 amide bonds. The molecule has 2 unspecified atom stereocenters. The molecule has 0 aliphatic rings. The molecule has 0 radical (unpaired) electrons. The van der Waals surface area contributed by atoms with Crippen LogP contribution in [0.2, 0.25) is 0 Å². The maximum absolute atomic E-state index is 9.14. The molecular formula is C21H34O2. The van der Waals surface area contributed by atoms with Gasteiger partial charge in [-0.05, 0) is 44.6 Å². The van der Waals surface area contributed by atoms with Crippen LogP contribution in [0.5, 0.6) is 0 Å². The number of unbranched alkanes of at least 4 members (excludes halogenated alkanes) is 4. The van der Waals surface area contributed by atoms with E-state index in [2.05, 4.69) is 30.1 Å². The Bertz CT molecular complexity index is 405. The van der Waals surface area contributed by atoms with Crippen molar-refractivity contribution in [3.05, 3.63) is 36.5 Å². The molecule has 0 saturated heterocycles. The summed E-state index contributed by atoms with van der Waals surface area (Å²) < 4.78 is 0. The fraction of sp³-hybridized carbons (Fsp3) is 0.524. The van der Waals surface area contributed by atoms with E-state index < -0.39 is 12.2 Å². The second-order valence-electron chi connectivity index (χ2n) is 4.76. The van der Waals surface area contributed by atoms with E-state index >= 15 is 0 Å². The van der Waals surface area contributed by atoms with Gasteiger partial charge in [0.25, 0.3) is 0 Å². The summed E-state index contributed by atoms with van der Waals surface area (Å²) in [5.74, 6) is 4.52. The number of hydrogen-bond acceptors (Lipinski definition) is 2. The van der Waals surface area contributed by atoms with E-state index in [9.17, 15) is 0 Å². The molecule has 0 heterocycles. The van der Waals surface area contributed by atoms with Gasteiger partial charge in [-0.25, -0.2) is 0 Å². The topological polar surface area (TPSA) is 40.5 Å². The van der Waals surface area contributed by atoms with E-state index in [0.29, 0.717) is 6.42 Å². The summed E-state index contributed by atoms with van der Waals surface area (Å²) in [5, 5.41) is 18.2. The summed E-state index contributed by atoms with van der Waals surface area (Å²) >= 11 is 0. The number of terminal acetylenes is 2. The van der Waals surface area contributed by atoms with Gasteiger partial charge in [-0.15, -0.1) is 12.8 Å². The molecule has 0 aliphatic heterocycles. The SMILES string of the molecule is C.C.C#CC(O)/C=C/CCC/C=C\CCC/C=C/CC(O)C#C. The van der Waals surface area contributed by atoms with Gasteiger partial charge in [0.2, 0.25) is 0 Å². The zero-order chi connectivity index (χ0) is 15.8. The lowest BCUT2D eigenvalue weighted by atomic mass is 10.1. The van der Waals surface area contributed by atoms with Crippen LogP contribution in [-0.2, 0) is 0 Å². The molecule has 0 spiro atoms. The van der Waals surface area contributed by atoms with Crippen molar-refractivity contribution in [3.63, 3.8) is 0 Å². The van der Waals surface area contributed by atoms with Gasteiger partial charge in [0, 0.05) is 6.42 Å². The van der Waals surface area contributed by atoms with Crippen molar-refractivity contribution < 1.29 is 10.2 Å². The fourth-order valence-corrected chi connectivity index (χ4v) is 1.63. The van der Waals surface area contributed by atoms with Gasteiger partial charge in [-0.2, -0.15) is 0 Å². The number of rotatable bonds is 11. The molecule has 0 fully saturated rings. The number of hydrogen-bond donors (Lipinski definition) is 2. The van der Waals surface area contributed by atoms with Crippen LogP contribution in [0.25, 0.3) is 0 Å². The Balaban J connectivity index is -0.00000200. The normalized spacial score (nSPS) is 13.2. The first kappa shape index (κ1) is 26.2. The average molecular weight is 319 g/mol. The Hall–Kier alpha value is -1.74. The highest BCUT2D eigenvalue weighted by Crippen LogP contribution is 2.03. The van der Waals surface area contributed by atoms with Crippen LogP contribution in [-0.4, -0.2) is 22.4 Å². The molecule has 2 heteroatoms. The minimum Gasteiger partial charge on any atom is -0.380 e. The number of aliphatic hydroxyl groups excluding tert-OH is 2. The number of allylic oxidation sites excluding steroid dienone is 4. The lowest BCUT2D eigenvalue weighted by Gasteiger charge is -1.96. The standard InChI is InChI=1S/C19H26O2.2CH4/c1-3-18(20)16-14-12-10-8-6-5-7-9-11-13-15-17-19(21)4-2;;/h1-2,5-6,13-16,18-21H,7-12,17H2;2*1H4/b6-5-,15-13+,16-14+;;. The summed E-state index contributed by atoms with van der Waals surface area (Å²) in [5.41, 5.74) is 0. The van der Waals surface area contributed by atoms with Gasteiger partial charge in [0.1, 0.15) is 12.2 Å². The van der Waals surface area contributed by atoms with Gasteiger partial charge < -0.3 is 10.2 Å². The molecule has 0 bridgehead atoms. The third-order valence-electron chi connectivity index (χ3n) is 2.86. The maximum Gasteiger partial charge on any atom is 0.133 e. The predicted octanol–water partition coefficient (Wildman–Crippen LogP) is 4.65. The van der Waals surface area contributed by atoms with E-state index in [4.69, 9.17) is 23.1 Å². The number of aliphatic hydroxyl groups is 2. The third-order valence-corrected chi connectivity index (χ3v) is 2.86. The van der Waals surface area contributed by atoms with Crippen molar-refractivity contribution in [2.75, 3.05) is 0 Å². The summed E-state index contributed by atoms with van der Waals surface area (Å²) in [7, 11) is 0. The zero-order valence-electron chi connectivity index (χ0n) is 12.6. The van der Waals surface area contributed by atoms with Crippen molar-refractivity contribution in [2.24, 2.45) is 0 Å². The Morgan fingerprint density at radius 1 is 0.739 bits per heavy atom. The highest BCUT2D eigenvalue weighted by atomic mass is 16.3. The van der Waals surface area contributed by atoms with Crippen LogP contribution < -0.4 is 0 Å². The van der Waals surface area contributed by atoms with Gasteiger partial charge in [-0.1, -0.05) is 57.1 Å². The molecule has 0 rings (SSSR count). The molecule has 23 heavy (non-hydrogen) atoms. The van der Waals surface area contributed by atoms with Crippen LogP contribution in [0.4, 0.5) is 0 Å². The van der Waals surface area contributed by atoms with Gasteiger partial charge in [0.05, 0.1) is 0 Å². The summed E-state index contributed by atoms with van der Waals surface area (Å²) in [6.07, 6.45) is 27.4. The van der Waals surface area contributed by atoms with Crippen LogP contribution in [0, 0.1) is 24.7 Å². The van der Waals surface area contributed by atoms with E-state index in [0.717, 1.165) is 38.5 Å². The molecule has 2 atom stereocenters. The van der Waals surface area contributed by atoms with Crippen LogP contribution in [0.3, 0.4) is 0 Å². The van der Waals surface area contributed by atoms with Crippen LogP contribution >= 0.6 is 0 Å². The van der Waals surface area contributed by atoms with Crippen molar-refractivity contribution in [1.29, 1.82) is 0 Å². The first-order valence-electron chi connectivity index (χ1n) is 7.45. The molecule has 2 N–H and O–H groups in total. The van der Waals surface area contributed by atoms with Gasteiger partial charge in [-0.3, -0.25) is 0 Å². The lowest BCUT2D eigenvalue weighted by molar-refractivity contribution is 0.236. The van der Waals surface area contributed by atoms with E-state index in [1.165, 1.54) is 0 Å². The van der Waals surface area contributed by atoms with Crippen molar-refractivity contribution >= 4 is 0 Å². The second-order valence-corrected chi connectivity index (χ2v) is 4.76. The highest BCUT2D eigenvalue weighted by Gasteiger charge is 1.92. The summed E-state index contributed by atoms with van der Waals surface area (Å²) in [6.45, 7) is 0. The summed E-state index contributed by atoms with van der Waals surface area (Å²) in [4.78, 5) is 0. The molecule has 0 aromatic carbocycles. The van der Waals surface area contributed by atoms with Gasteiger partial charge >= 0.3 is 0 Å². The minimum absolute atomic E-state index is 0. The molecule has 2 nitrogen and oxygen atoms in total. The third kappa shape index (κ3) is 20.3. The van der Waals surface area contributed by atoms with E-state index in [1.807, 2.05) is 12.2 Å². The second kappa shape index (κ2) is 20.3. The summed E-state index contributed by atoms with van der Waals surface area (Å²) in [6, 6.07) is 0. The Kier molecular flexibility index (Phi) is 23.1. The molecule has 0 saturated carbocycles. The smallest absolute Gasteiger partial charge is 0.133 e. The predicted molar refractivity (Wildman–Crippen MR) is 103 cm³/mol. The first-order valence-corrected chi connectivity index (χ1v) is 7.45. The van der Waals surface area contributed by atoms with E-state index in [-0.39, 0.29) is 14.9 Å². The molecule has 0 aromatic heterocycles. The van der Waals surface area contributed by atoms with Crippen molar-refractivity contribution in [1.82, 2.24) is 0 Å². The largest absolute Gasteiger partial charge is 0.380 e. The Morgan fingerprint density at radius 3 is 1.70 bits per heavy atom. The average Bonchev–Trinajstić information content (AvgIpc) is 2.51. The maximum atomic E-state index is 9.14. The van der Waals surface area contributed by atoms with E-state index in [1.54, 1.807) is 6.08 Å². The molecular weight excluding hydrogens is 284 g/mol. The molecule has 0 aromatic rings. The minimum atomic E-state index is -0.754. The van der Waals surface area contributed by atoms with Crippen molar-refractivity contribution in [3.8, 4) is 24.7 Å². The van der Waals surface area contributed by atoms with Crippen LogP contribution in [0.15, 0.2) is 36.5 Å². The van der Waals surface area contributed by atoms with Crippen molar-refractivity contribution in [2.45, 2.75) is 72.0 Å². The Labute approximate surface area is 144 Å². The quantitative estimate of drug-likeness (QED) is 0.331. The zero-order valence-corrected chi connectivity index (χ0v) is 12.6. The molecule has 130 valence electrons. The fourth-order valence-electron chi connectivity index (χ4n) is 1.63. The van der Waals surface area contributed by atoms with Gasteiger partial charge in [0.15, 0.2) is 0 Å². The monoisotopic (exact) mass is 318 g/mol. The van der Waals surface area contributed by atoms with Crippen LogP contribution in [0.1, 0.15) is 59.8 Å². The molecule has 0 aliphatic carbocycles. The first-order chi connectivity index (χ1) is 10.2. The highest BCUT2D eigenvalue weighted by molar-refractivity contribution is 5.06. The Morgan fingerprint density at radius 2 is 1.22 bits per heavy atom.